The first-order valence-electron chi connectivity index (χ1n) is 17.7. The Labute approximate surface area is 299 Å². The van der Waals surface area contributed by atoms with Crippen LogP contribution >= 0.6 is 0 Å². The van der Waals surface area contributed by atoms with Gasteiger partial charge in [-0.1, -0.05) is 121 Å². The zero-order valence-electron chi connectivity index (χ0n) is 28.1. The zero-order valence-corrected chi connectivity index (χ0v) is 28.1. The summed E-state index contributed by atoms with van der Waals surface area (Å²) in [5.74, 6) is 0.654. The number of aromatic nitrogens is 4. The maximum Gasteiger partial charge on any atom is 0.235 e. The largest absolute Gasteiger partial charge is 0.309 e. The van der Waals surface area contributed by atoms with Gasteiger partial charge in [0.2, 0.25) is 5.95 Å². The topological polar surface area (TPSA) is 35.6 Å². The zero-order chi connectivity index (χ0) is 34.2. The highest BCUT2D eigenvalue weighted by atomic mass is 15.2. The van der Waals surface area contributed by atoms with E-state index >= 15 is 0 Å². The third-order valence-electron chi connectivity index (χ3n) is 10.5. The van der Waals surface area contributed by atoms with Crippen molar-refractivity contribution in [3.8, 4) is 34.0 Å². The normalized spacial score (nSPS) is 11.8. The minimum atomic E-state index is 0.654. The lowest BCUT2D eigenvalue weighted by atomic mass is 10.00. The molecule has 3 heterocycles. The third-order valence-corrected chi connectivity index (χ3v) is 10.5. The molecule has 11 rings (SSSR count). The van der Waals surface area contributed by atoms with Gasteiger partial charge in [0.25, 0.3) is 0 Å². The van der Waals surface area contributed by atoms with E-state index in [0.29, 0.717) is 5.95 Å². The quantitative estimate of drug-likeness (QED) is 0.188. The van der Waals surface area contributed by atoms with Crippen LogP contribution in [-0.4, -0.2) is 19.1 Å². The van der Waals surface area contributed by atoms with Crippen molar-refractivity contribution in [2.45, 2.75) is 0 Å². The van der Waals surface area contributed by atoms with Gasteiger partial charge in [-0.25, -0.2) is 9.97 Å². The number of rotatable bonds is 4. The molecule has 0 saturated carbocycles. The van der Waals surface area contributed by atoms with Crippen LogP contribution in [0.2, 0.25) is 0 Å². The second-order valence-corrected chi connectivity index (χ2v) is 13.5. The molecule has 0 bridgehead atoms. The smallest absolute Gasteiger partial charge is 0.235 e. The van der Waals surface area contributed by atoms with Crippen molar-refractivity contribution in [2.24, 2.45) is 0 Å². The molecule has 0 spiro atoms. The van der Waals surface area contributed by atoms with E-state index < -0.39 is 0 Å². The van der Waals surface area contributed by atoms with Gasteiger partial charge in [-0.2, -0.15) is 0 Å². The molecule has 0 N–H and O–H groups in total. The van der Waals surface area contributed by atoms with Crippen molar-refractivity contribution in [1.29, 1.82) is 0 Å². The van der Waals surface area contributed by atoms with Crippen molar-refractivity contribution < 1.29 is 0 Å². The molecule has 11 aromatic rings. The van der Waals surface area contributed by atoms with Crippen LogP contribution in [0, 0.1) is 0 Å². The van der Waals surface area contributed by atoms with Crippen LogP contribution in [0.15, 0.2) is 182 Å². The molecule has 0 aliphatic rings. The van der Waals surface area contributed by atoms with Gasteiger partial charge in [-0.05, 0) is 82.6 Å². The lowest BCUT2D eigenvalue weighted by Crippen LogP contribution is -2.03. The summed E-state index contributed by atoms with van der Waals surface area (Å²) < 4.78 is 4.60. The van der Waals surface area contributed by atoms with Crippen LogP contribution < -0.4 is 0 Å². The molecule has 52 heavy (non-hydrogen) atoms. The molecule has 0 saturated heterocycles. The fourth-order valence-electron chi connectivity index (χ4n) is 8.09. The first-order chi connectivity index (χ1) is 25.8. The molecule has 4 heteroatoms. The molecule has 242 valence electrons. The Hall–Kier alpha value is -7.04. The molecule has 0 aliphatic heterocycles. The lowest BCUT2D eigenvalue weighted by Gasteiger charge is -2.13. The Morgan fingerprint density at radius 3 is 1.69 bits per heavy atom. The summed E-state index contributed by atoms with van der Waals surface area (Å²) in [5.41, 5.74) is 10.8. The van der Waals surface area contributed by atoms with Crippen LogP contribution in [0.25, 0.3) is 99.3 Å². The van der Waals surface area contributed by atoms with Crippen LogP contribution in [0.4, 0.5) is 0 Å². The van der Waals surface area contributed by atoms with Gasteiger partial charge < -0.3 is 4.57 Å². The fourth-order valence-corrected chi connectivity index (χ4v) is 8.09. The SMILES string of the molecule is c1ccc(-c2ccc3c(-c4ccc5c(c4)c4ccccc4n5-c4ccccc4)nc(-n4c5ccccc5c5cc6ccccc6cc54)nc3c2)cc1. The van der Waals surface area contributed by atoms with E-state index in [2.05, 4.69) is 191 Å². The monoisotopic (exact) mass is 662 g/mol. The second-order valence-electron chi connectivity index (χ2n) is 13.5. The van der Waals surface area contributed by atoms with Crippen molar-refractivity contribution in [3.05, 3.63) is 182 Å². The Bertz CT molecular complexity index is 3170. The summed E-state index contributed by atoms with van der Waals surface area (Å²) in [6.45, 7) is 0. The Morgan fingerprint density at radius 1 is 0.327 bits per heavy atom. The van der Waals surface area contributed by atoms with E-state index in [-0.39, 0.29) is 0 Å². The molecule has 0 amide bonds. The van der Waals surface area contributed by atoms with E-state index in [1.54, 1.807) is 0 Å². The highest BCUT2D eigenvalue weighted by Gasteiger charge is 2.20. The summed E-state index contributed by atoms with van der Waals surface area (Å²) in [7, 11) is 0. The van der Waals surface area contributed by atoms with Gasteiger partial charge in [0.15, 0.2) is 0 Å². The molecule has 0 radical (unpaired) electrons. The number of nitrogens with zero attached hydrogens (tertiary/aromatic N) is 4. The number of hydrogen-bond donors (Lipinski definition) is 0. The number of benzene rings is 8. The molecule has 8 aromatic carbocycles. The first-order valence-corrected chi connectivity index (χ1v) is 17.7. The van der Waals surface area contributed by atoms with Gasteiger partial charge in [-0.3, -0.25) is 4.57 Å². The molecule has 0 fully saturated rings. The fraction of sp³-hybridized carbons (Fsp3) is 0. The van der Waals surface area contributed by atoms with Crippen molar-refractivity contribution in [2.75, 3.05) is 0 Å². The van der Waals surface area contributed by atoms with E-state index in [1.807, 2.05) is 0 Å². The average molecular weight is 663 g/mol. The summed E-state index contributed by atoms with van der Waals surface area (Å²) in [6.07, 6.45) is 0. The van der Waals surface area contributed by atoms with E-state index in [0.717, 1.165) is 55.5 Å². The third kappa shape index (κ3) is 4.34. The molecule has 3 aromatic heterocycles. The number of hydrogen-bond acceptors (Lipinski definition) is 2. The lowest BCUT2D eigenvalue weighted by molar-refractivity contribution is 1.01. The number of para-hydroxylation sites is 3. The number of fused-ring (bicyclic) bond motifs is 8. The Balaban J connectivity index is 1.22. The summed E-state index contributed by atoms with van der Waals surface area (Å²) in [5, 5.41) is 8.19. The molecule has 0 aliphatic carbocycles. The van der Waals surface area contributed by atoms with Gasteiger partial charge in [0.1, 0.15) is 0 Å². The minimum Gasteiger partial charge on any atom is -0.309 e. The van der Waals surface area contributed by atoms with Gasteiger partial charge in [0.05, 0.1) is 33.3 Å². The van der Waals surface area contributed by atoms with Crippen LogP contribution in [0.5, 0.6) is 0 Å². The Morgan fingerprint density at radius 2 is 0.923 bits per heavy atom. The van der Waals surface area contributed by atoms with Crippen LogP contribution in [0.1, 0.15) is 0 Å². The van der Waals surface area contributed by atoms with E-state index in [1.165, 1.54) is 37.8 Å². The standard InChI is InChI=1S/C48H30N4/c1-3-13-31(14-4-1)34-23-25-39-42(29-34)49-48(52-44-22-12-10-20-38(44)41-27-32-15-7-8-16-33(32)30-46(41)52)50-47(39)35-24-26-45-40(28-35)37-19-9-11-21-43(37)51(45)36-17-5-2-6-18-36/h1-30H. The van der Waals surface area contributed by atoms with Gasteiger partial charge in [-0.15, -0.1) is 0 Å². The van der Waals surface area contributed by atoms with Crippen molar-refractivity contribution in [1.82, 2.24) is 19.1 Å². The highest BCUT2D eigenvalue weighted by Crippen LogP contribution is 2.39. The minimum absolute atomic E-state index is 0.654. The predicted molar refractivity (Wildman–Crippen MR) is 217 cm³/mol. The maximum atomic E-state index is 5.49. The predicted octanol–water partition coefficient (Wildman–Crippen LogP) is 12.3. The Kier molecular flexibility index (Phi) is 6.22. The first kappa shape index (κ1) is 28.8. The molecule has 0 unspecified atom stereocenters. The maximum absolute atomic E-state index is 5.49. The molecular formula is C48H30N4. The second kappa shape index (κ2) is 11.2. The molecular weight excluding hydrogens is 633 g/mol. The van der Waals surface area contributed by atoms with Crippen LogP contribution in [-0.2, 0) is 0 Å². The van der Waals surface area contributed by atoms with E-state index in [9.17, 15) is 0 Å². The molecule has 4 nitrogen and oxygen atoms in total. The highest BCUT2D eigenvalue weighted by molar-refractivity contribution is 6.14. The van der Waals surface area contributed by atoms with Gasteiger partial charge in [0, 0.05) is 38.2 Å². The summed E-state index contributed by atoms with van der Waals surface area (Å²) >= 11 is 0. The van der Waals surface area contributed by atoms with E-state index in [4.69, 9.17) is 9.97 Å². The summed E-state index contributed by atoms with van der Waals surface area (Å²) in [6, 6.07) is 64.9. The summed E-state index contributed by atoms with van der Waals surface area (Å²) in [4.78, 5) is 10.9. The van der Waals surface area contributed by atoms with Crippen LogP contribution in [0.3, 0.4) is 0 Å². The van der Waals surface area contributed by atoms with Crippen molar-refractivity contribution >= 4 is 65.3 Å². The average Bonchev–Trinajstić information content (AvgIpc) is 3.72. The van der Waals surface area contributed by atoms with Gasteiger partial charge >= 0.3 is 0 Å². The van der Waals surface area contributed by atoms with Crippen molar-refractivity contribution in [3.63, 3.8) is 0 Å². The molecule has 0 atom stereocenters.